The molecule has 0 aromatic rings. The van der Waals surface area contributed by atoms with Crippen LogP contribution in [0.15, 0.2) is 0 Å². The van der Waals surface area contributed by atoms with Gasteiger partial charge in [-0.15, -0.1) is 0 Å². The molecule has 0 bridgehead atoms. The highest BCUT2D eigenvalue weighted by Gasteiger charge is 2.19. The predicted molar refractivity (Wildman–Crippen MR) is 261 cm³/mol. The Morgan fingerprint density at radius 3 is 0.852 bits per heavy atom. The Hall–Kier alpha value is -1.59. The molecular formula is C55H106O6. The van der Waals surface area contributed by atoms with Crippen molar-refractivity contribution in [3.8, 4) is 0 Å². The van der Waals surface area contributed by atoms with Crippen LogP contribution in [0.3, 0.4) is 0 Å². The van der Waals surface area contributed by atoms with E-state index in [-0.39, 0.29) is 31.1 Å². The van der Waals surface area contributed by atoms with Crippen molar-refractivity contribution in [1.29, 1.82) is 0 Å². The van der Waals surface area contributed by atoms with Gasteiger partial charge >= 0.3 is 17.9 Å². The van der Waals surface area contributed by atoms with E-state index in [2.05, 4.69) is 27.7 Å². The number of esters is 3. The first kappa shape index (κ1) is 59.4. The number of hydrogen-bond acceptors (Lipinski definition) is 6. The summed E-state index contributed by atoms with van der Waals surface area (Å²) < 4.78 is 16.8. The first-order valence-corrected chi connectivity index (χ1v) is 27.4. The van der Waals surface area contributed by atoms with Gasteiger partial charge in [-0.1, -0.05) is 272 Å². The third-order valence-electron chi connectivity index (χ3n) is 12.9. The molecule has 0 radical (unpaired) electrons. The third-order valence-corrected chi connectivity index (χ3v) is 12.9. The van der Waals surface area contributed by atoms with E-state index < -0.39 is 6.10 Å². The summed E-state index contributed by atoms with van der Waals surface area (Å²) in [5.74, 6) is 0.00656. The molecule has 0 fully saturated rings. The first-order chi connectivity index (χ1) is 29.9. The number of unbranched alkanes of at least 4 members (excludes halogenated alkanes) is 36. The second-order valence-corrected chi connectivity index (χ2v) is 19.1. The van der Waals surface area contributed by atoms with Crippen LogP contribution in [-0.2, 0) is 28.6 Å². The zero-order valence-electron chi connectivity index (χ0n) is 41.6. The Bertz CT molecular complexity index is 920. The van der Waals surface area contributed by atoms with Crippen LogP contribution in [0.4, 0.5) is 0 Å². The smallest absolute Gasteiger partial charge is 0.306 e. The Morgan fingerprint density at radius 1 is 0.328 bits per heavy atom. The average Bonchev–Trinajstić information content (AvgIpc) is 3.26. The Kier molecular flexibility index (Phi) is 48.1. The monoisotopic (exact) mass is 863 g/mol. The second kappa shape index (κ2) is 49.4. The van der Waals surface area contributed by atoms with Crippen molar-refractivity contribution in [2.45, 2.75) is 316 Å². The van der Waals surface area contributed by atoms with Crippen molar-refractivity contribution in [3.05, 3.63) is 0 Å². The number of carbonyl (C=O) groups is 3. The lowest BCUT2D eigenvalue weighted by molar-refractivity contribution is -0.167. The van der Waals surface area contributed by atoms with Gasteiger partial charge < -0.3 is 14.2 Å². The van der Waals surface area contributed by atoms with E-state index in [1.807, 2.05) is 0 Å². The Morgan fingerprint density at radius 2 is 0.574 bits per heavy atom. The molecule has 6 heteroatoms. The highest BCUT2D eigenvalue weighted by atomic mass is 16.6. The molecule has 6 nitrogen and oxygen atoms in total. The zero-order chi connectivity index (χ0) is 44.5. The van der Waals surface area contributed by atoms with Gasteiger partial charge in [0.25, 0.3) is 0 Å². The van der Waals surface area contributed by atoms with Crippen LogP contribution in [0, 0.1) is 5.92 Å². The van der Waals surface area contributed by atoms with E-state index in [1.165, 1.54) is 205 Å². The molecule has 0 saturated heterocycles. The lowest BCUT2D eigenvalue weighted by Crippen LogP contribution is -2.30. The normalized spacial score (nSPS) is 12.4. The molecule has 0 aliphatic rings. The molecular weight excluding hydrogens is 757 g/mol. The summed E-state index contributed by atoms with van der Waals surface area (Å²) >= 11 is 0. The van der Waals surface area contributed by atoms with Crippen molar-refractivity contribution in [3.63, 3.8) is 0 Å². The van der Waals surface area contributed by atoms with Gasteiger partial charge in [0.2, 0.25) is 0 Å². The van der Waals surface area contributed by atoms with E-state index in [4.69, 9.17) is 14.2 Å². The topological polar surface area (TPSA) is 78.9 Å². The van der Waals surface area contributed by atoms with Crippen molar-refractivity contribution >= 4 is 17.9 Å². The van der Waals surface area contributed by atoms with Gasteiger partial charge in [0, 0.05) is 19.3 Å². The van der Waals surface area contributed by atoms with Crippen LogP contribution in [0.5, 0.6) is 0 Å². The van der Waals surface area contributed by atoms with Gasteiger partial charge in [0.15, 0.2) is 6.10 Å². The van der Waals surface area contributed by atoms with E-state index >= 15 is 0 Å². The lowest BCUT2D eigenvalue weighted by atomic mass is 9.99. The standard InChI is InChI=1S/C55H106O6/c1-5-8-10-12-14-16-18-20-22-23-24-26-28-30-36-40-44-48-55(58)61-52(50-60-54(57)47-43-39-35-32-31-33-37-41-45-51(4)7-3)49-59-53(56)46-42-38-34-29-27-25-21-19-17-15-13-11-9-6-2/h51-52H,5-50H2,1-4H3/t51?,52-/m0/s1. The van der Waals surface area contributed by atoms with Gasteiger partial charge in [-0.05, 0) is 25.2 Å². The fourth-order valence-electron chi connectivity index (χ4n) is 8.36. The van der Waals surface area contributed by atoms with Crippen LogP contribution in [0.1, 0.15) is 310 Å². The molecule has 0 aromatic heterocycles. The van der Waals surface area contributed by atoms with Crippen molar-refractivity contribution in [2.24, 2.45) is 5.92 Å². The number of carbonyl (C=O) groups excluding carboxylic acids is 3. The number of hydrogen-bond donors (Lipinski definition) is 0. The van der Waals surface area contributed by atoms with Gasteiger partial charge in [-0.3, -0.25) is 14.4 Å². The van der Waals surface area contributed by atoms with Crippen molar-refractivity contribution < 1.29 is 28.6 Å². The van der Waals surface area contributed by atoms with Gasteiger partial charge in [-0.2, -0.15) is 0 Å². The van der Waals surface area contributed by atoms with Crippen LogP contribution < -0.4 is 0 Å². The maximum absolute atomic E-state index is 12.8. The molecule has 0 aromatic carbocycles. The van der Waals surface area contributed by atoms with Crippen LogP contribution >= 0.6 is 0 Å². The fraction of sp³-hybridized carbons (Fsp3) is 0.945. The molecule has 0 N–H and O–H groups in total. The van der Waals surface area contributed by atoms with Crippen LogP contribution in [-0.4, -0.2) is 37.2 Å². The maximum Gasteiger partial charge on any atom is 0.306 e. The van der Waals surface area contributed by atoms with Gasteiger partial charge in [-0.25, -0.2) is 0 Å². The summed E-state index contributed by atoms with van der Waals surface area (Å²) in [6, 6.07) is 0. The molecule has 0 aliphatic carbocycles. The fourth-order valence-corrected chi connectivity index (χ4v) is 8.36. The summed E-state index contributed by atoms with van der Waals surface area (Å²) in [7, 11) is 0. The minimum absolute atomic E-state index is 0.0626. The number of rotatable bonds is 50. The summed E-state index contributed by atoms with van der Waals surface area (Å²) in [4.78, 5) is 38.0. The van der Waals surface area contributed by atoms with E-state index in [9.17, 15) is 14.4 Å². The van der Waals surface area contributed by atoms with E-state index in [1.54, 1.807) is 0 Å². The first-order valence-electron chi connectivity index (χ1n) is 27.4. The third kappa shape index (κ3) is 47.7. The van der Waals surface area contributed by atoms with Crippen LogP contribution in [0.25, 0.3) is 0 Å². The molecule has 362 valence electrons. The molecule has 0 rings (SSSR count). The van der Waals surface area contributed by atoms with Crippen molar-refractivity contribution in [2.75, 3.05) is 13.2 Å². The van der Waals surface area contributed by atoms with Gasteiger partial charge in [0.1, 0.15) is 13.2 Å². The SMILES string of the molecule is CCCCCCCCCCCCCCCCCCCC(=O)O[C@@H](COC(=O)CCCCCCCCCCCCCCCC)COC(=O)CCCCCCCCCCC(C)CC. The Balaban J connectivity index is 4.30. The highest BCUT2D eigenvalue weighted by Crippen LogP contribution is 2.18. The summed E-state index contributed by atoms with van der Waals surface area (Å²) in [6.07, 6.45) is 52.3. The van der Waals surface area contributed by atoms with E-state index in [0.717, 1.165) is 63.7 Å². The molecule has 61 heavy (non-hydrogen) atoms. The summed E-state index contributed by atoms with van der Waals surface area (Å²) in [5, 5.41) is 0. The van der Waals surface area contributed by atoms with E-state index in [0.29, 0.717) is 19.3 Å². The maximum atomic E-state index is 12.8. The second-order valence-electron chi connectivity index (χ2n) is 19.1. The molecule has 0 spiro atoms. The van der Waals surface area contributed by atoms with Gasteiger partial charge in [0.05, 0.1) is 0 Å². The molecule has 0 heterocycles. The van der Waals surface area contributed by atoms with Crippen LogP contribution in [0.2, 0.25) is 0 Å². The average molecular weight is 863 g/mol. The minimum atomic E-state index is -0.761. The summed E-state index contributed by atoms with van der Waals surface area (Å²) in [6.45, 7) is 9.05. The minimum Gasteiger partial charge on any atom is -0.462 e. The molecule has 1 unspecified atom stereocenters. The Labute approximate surface area is 380 Å². The zero-order valence-corrected chi connectivity index (χ0v) is 41.6. The molecule has 0 saturated carbocycles. The molecule has 2 atom stereocenters. The predicted octanol–water partition coefficient (Wildman–Crippen LogP) is 17.8. The number of ether oxygens (including phenoxy) is 3. The summed E-state index contributed by atoms with van der Waals surface area (Å²) in [5.41, 5.74) is 0. The van der Waals surface area contributed by atoms with Crippen molar-refractivity contribution in [1.82, 2.24) is 0 Å². The highest BCUT2D eigenvalue weighted by molar-refractivity contribution is 5.71. The lowest BCUT2D eigenvalue weighted by Gasteiger charge is -2.18. The molecule has 0 aliphatic heterocycles. The quantitative estimate of drug-likeness (QED) is 0.0344. The molecule has 0 amide bonds. The largest absolute Gasteiger partial charge is 0.462 e.